The van der Waals surface area contributed by atoms with Crippen molar-refractivity contribution in [3.05, 3.63) is 29.3 Å². The van der Waals surface area contributed by atoms with Crippen LogP contribution in [0.4, 0.5) is 0 Å². The molecule has 146 valence electrons. The van der Waals surface area contributed by atoms with Gasteiger partial charge in [-0.2, -0.15) is 0 Å². The minimum atomic E-state index is 0.223. The van der Waals surface area contributed by atoms with E-state index >= 15 is 0 Å². The Morgan fingerprint density at radius 3 is 2.92 bits per heavy atom. The molecule has 0 amide bonds. The average molecular weight is 363 g/mol. The molecule has 0 aromatic heterocycles. The first-order chi connectivity index (χ1) is 12.6. The standard InChI is InChI=1S/C20H34N4O2/c1-5-24(4)11-10-22-20(21-3)23-14-17-9-8-16(2)13-19(17)26-15-18-7-6-12-25-18/h8-9,13,18H,5-7,10-12,14-15H2,1-4H3,(H2,21,22,23). The van der Waals surface area contributed by atoms with Crippen molar-refractivity contribution in [1.29, 1.82) is 0 Å². The molecule has 2 rings (SSSR count). The van der Waals surface area contributed by atoms with Crippen LogP contribution in [0.1, 0.15) is 30.9 Å². The number of rotatable bonds is 9. The summed E-state index contributed by atoms with van der Waals surface area (Å²) in [5.74, 6) is 1.73. The Labute approximate surface area is 158 Å². The SMILES string of the molecule is CCN(C)CCNC(=NC)NCc1ccc(C)cc1OCC1CCCO1. The maximum Gasteiger partial charge on any atom is 0.191 e. The van der Waals surface area contributed by atoms with E-state index in [9.17, 15) is 0 Å². The minimum Gasteiger partial charge on any atom is -0.491 e. The molecule has 26 heavy (non-hydrogen) atoms. The summed E-state index contributed by atoms with van der Waals surface area (Å²) < 4.78 is 11.7. The maximum absolute atomic E-state index is 6.06. The molecule has 2 N–H and O–H groups in total. The van der Waals surface area contributed by atoms with E-state index in [-0.39, 0.29) is 6.10 Å². The summed E-state index contributed by atoms with van der Waals surface area (Å²) in [6.45, 7) is 9.27. The summed E-state index contributed by atoms with van der Waals surface area (Å²) >= 11 is 0. The first-order valence-electron chi connectivity index (χ1n) is 9.59. The normalized spacial score (nSPS) is 17.6. The van der Waals surface area contributed by atoms with Crippen LogP contribution in [0, 0.1) is 6.92 Å². The Hall–Kier alpha value is -1.79. The Morgan fingerprint density at radius 1 is 1.38 bits per heavy atom. The molecule has 1 saturated heterocycles. The number of benzene rings is 1. The molecule has 1 aromatic carbocycles. The first kappa shape index (κ1) is 20.5. The summed E-state index contributed by atoms with van der Waals surface area (Å²) in [5, 5.41) is 6.72. The number of ether oxygens (including phenoxy) is 2. The van der Waals surface area contributed by atoms with Crippen molar-refractivity contribution in [2.24, 2.45) is 4.99 Å². The fourth-order valence-corrected chi connectivity index (χ4v) is 2.82. The molecule has 6 heteroatoms. The maximum atomic E-state index is 6.06. The molecule has 0 bridgehead atoms. The fourth-order valence-electron chi connectivity index (χ4n) is 2.82. The van der Waals surface area contributed by atoms with Crippen molar-refractivity contribution >= 4 is 5.96 Å². The van der Waals surface area contributed by atoms with E-state index in [2.05, 4.69) is 59.6 Å². The first-order valence-corrected chi connectivity index (χ1v) is 9.59. The zero-order valence-corrected chi connectivity index (χ0v) is 16.7. The summed E-state index contributed by atoms with van der Waals surface area (Å²) in [5.41, 5.74) is 2.32. The molecule has 1 aromatic rings. The van der Waals surface area contributed by atoms with Gasteiger partial charge in [0.15, 0.2) is 5.96 Å². The third-order valence-corrected chi connectivity index (χ3v) is 4.67. The van der Waals surface area contributed by atoms with Gasteiger partial charge >= 0.3 is 0 Å². The second-order valence-corrected chi connectivity index (χ2v) is 6.81. The largest absolute Gasteiger partial charge is 0.491 e. The molecule has 1 heterocycles. The topological polar surface area (TPSA) is 58.1 Å². The Balaban J connectivity index is 1.86. The average Bonchev–Trinajstić information content (AvgIpc) is 3.17. The van der Waals surface area contributed by atoms with Crippen LogP contribution in [0.3, 0.4) is 0 Å². The summed E-state index contributed by atoms with van der Waals surface area (Å²) in [6.07, 6.45) is 2.44. The molecule has 1 aliphatic rings. The van der Waals surface area contributed by atoms with E-state index < -0.39 is 0 Å². The van der Waals surface area contributed by atoms with Gasteiger partial charge in [0.25, 0.3) is 0 Å². The van der Waals surface area contributed by atoms with E-state index in [0.717, 1.165) is 56.4 Å². The lowest BCUT2D eigenvalue weighted by Gasteiger charge is -2.18. The zero-order chi connectivity index (χ0) is 18.8. The van der Waals surface area contributed by atoms with Crippen LogP contribution < -0.4 is 15.4 Å². The monoisotopic (exact) mass is 362 g/mol. The third kappa shape index (κ3) is 6.84. The number of nitrogens with zero attached hydrogens (tertiary/aromatic N) is 2. The molecule has 1 atom stereocenters. The quantitative estimate of drug-likeness (QED) is 0.521. The summed E-state index contributed by atoms with van der Waals surface area (Å²) in [7, 11) is 3.91. The number of hydrogen-bond donors (Lipinski definition) is 2. The van der Waals surface area contributed by atoms with Crippen LogP contribution >= 0.6 is 0 Å². The smallest absolute Gasteiger partial charge is 0.191 e. The minimum absolute atomic E-state index is 0.223. The van der Waals surface area contributed by atoms with Crippen molar-refractivity contribution in [2.75, 3.05) is 46.9 Å². The number of nitrogens with one attached hydrogen (secondary N) is 2. The zero-order valence-electron chi connectivity index (χ0n) is 16.7. The number of guanidine groups is 1. The van der Waals surface area contributed by atoms with Crippen molar-refractivity contribution in [1.82, 2.24) is 15.5 Å². The molecular formula is C20H34N4O2. The van der Waals surface area contributed by atoms with Gasteiger partial charge in [-0.1, -0.05) is 19.1 Å². The second kappa shape index (κ2) is 11.0. The van der Waals surface area contributed by atoms with Gasteiger partial charge < -0.3 is 25.0 Å². The van der Waals surface area contributed by atoms with Crippen molar-refractivity contribution in [3.8, 4) is 5.75 Å². The highest BCUT2D eigenvalue weighted by Crippen LogP contribution is 2.22. The highest BCUT2D eigenvalue weighted by Gasteiger charge is 2.17. The van der Waals surface area contributed by atoms with Gasteiger partial charge in [0.1, 0.15) is 12.4 Å². The number of aliphatic imine (C=N–C) groups is 1. The van der Waals surface area contributed by atoms with Gasteiger partial charge in [-0.25, -0.2) is 0 Å². The van der Waals surface area contributed by atoms with E-state index in [1.54, 1.807) is 7.05 Å². The molecule has 0 aliphatic carbocycles. The predicted octanol–water partition coefficient (Wildman–Crippen LogP) is 2.17. The predicted molar refractivity (Wildman–Crippen MR) is 107 cm³/mol. The molecule has 0 spiro atoms. The van der Waals surface area contributed by atoms with Gasteiger partial charge in [-0.3, -0.25) is 4.99 Å². The molecule has 1 fully saturated rings. The highest BCUT2D eigenvalue weighted by molar-refractivity contribution is 5.79. The molecule has 6 nitrogen and oxygen atoms in total. The van der Waals surface area contributed by atoms with E-state index in [1.807, 2.05) is 0 Å². The number of likely N-dealkylation sites (N-methyl/N-ethyl adjacent to an activating group) is 1. The fraction of sp³-hybridized carbons (Fsp3) is 0.650. The van der Waals surface area contributed by atoms with Gasteiger partial charge in [0, 0.05) is 38.9 Å². The lowest BCUT2D eigenvalue weighted by Crippen LogP contribution is -2.40. The van der Waals surface area contributed by atoms with Crippen LogP contribution in [-0.2, 0) is 11.3 Å². The number of aryl methyl sites for hydroxylation is 1. The number of hydrogen-bond acceptors (Lipinski definition) is 4. The lowest BCUT2D eigenvalue weighted by atomic mass is 10.1. The van der Waals surface area contributed by atoms with E-state index in [0.29, 0.717) is 13.2 Å². The molecule has 0 radical (unpaired) electrons. The van der Waals surface area contributed by atoms with Gasteiger partial charge in [0.2, 0.25) is 0 Å². The molecule has 1 unspecified atom stereocenters. The van der Waals surface area contributed by atoms with Crippen LogP contribution in [0.15, 0.2) is 23.2 Å². The van der Waals surface area contributed by atoms with Crippen LogP contribution in [0.2, 0.25) is 0 Å². The van der Waals surface area contributed by atoms with Gasteiger partial charge in [-0.15, -0.1) is 0 Å². The summed E-state index contributed by atoms with van der Waals surface area (Å²) in [4.78, 5) is 6.56. The van der Waals surface area contributed by atoms with E-state index in [1.165, 1.54) is 5.56 Å². The molecule has 0 saturated carbocycles. The van der Waals surface area contributed by atoms with Crippen molar-refractivity contribution < 1.29 is 9.47 Å². The van der Waals surface area contributed by atoms with Gasteiger partial charge in [-0.05, 0) is 45.0 Å². The second-order valence-electron chi connectivity index (χ2n) is 6.81. The van der Waals surface area contributed by atoms with Crippen molar-refractivity contribution in [2.45, 2.75) is 39.3 Å². The van der Waals surface area contributed by atoms with Crippen LogP contribution in [0.5, 0.6) is 5.75 Å². The molecule has 1 aliphatic heterocycles. The molecular weight excluding hydrogens is 328 g/mol. The van der Waals surface area contributed by atoms with Crippen LogP contribution in [0.25, 0.3) is 0 Å². The lowest BCUT2D eigenvalue weighted by molar-refractivity contribution is 0.0676. The Morgan fingerprint density at radius 2 is 2.23 bits per heavy atom. The third-order valence-electron chi connectivity index (χ3n) is 4.67. The summed E-state index contributed by atoms with van der Waals surface area (Å²) in [6, 6.07) is 6.33. The van der Waals surface area contributed by atoms with Crippen molar-refractivity contribution in [3.63, 3.8) is 0 Å². The van der Waals surface area contributed by atoms with Gasteiger partial charge in [0.05, 0.1) is 6.10 Å². The highest BCUT2D eigenvalue weighted by atomic mass is 16.5. The Bertz CT molecular complexity index is 571. The van der Waals surface area contributed by atoms with E-state index in [4.69, 9.17) is 9.47 Å². The van der Waals surface area contributed by atoms with Crippen LogP contribution in [-0.4, -0.2) is 63.9 Å². The Kier molecular flexibility index (Phi) is 8.71.